The van der Waals surface area contributed by atoms with Crippen LogP contribution >= 0.6 is 0 Å². The fourth-order valence-electron chi connectivity index (χ4n) is 4.95. The van der Waals surface area contributed by atoms with Crippen molar-refractivity contribution in [1.29, 1.82) is 0 Å². The molecule has 8 nitrogen and oxygen atoms in total. The summed E-state index contributed by atoms with van der Waals surface area (Å²) in [4.78, 5) is 0. The van der Waals surface area contributed by atoms with Crippen LogP contribution in [0.5, 0.6) is 11.5 Å². The van der Waals surface area contributed by atoms with Gasteiger partial charge in [-0.25, -0.2) is 0 Å². The molecule has 0 spiro atoms. The van der Waals surface area contributed by atoms with Crippen molar-refractivity contribution in [2.45, 2.75) is 49.5 Å². The Labute approximate surface area is 186 Å². The highest BCUT2D eigenvalue weighted by atomic mass is 16.7. The lowest BCUT2D eigenvalue weighted by Crippen LogP contribution is -2.83. The first kappa shape index (κ1) is 23.0. The van der Waals surface area contributed by atoms with Gasteiger partial charge >= 0.3 is 0 Å². The zero-order valence-electron chi connectivity index (χ0n) is 18.6. The first-order chi connectivity index (χ1) is 15.2. The van der Waals surface area contributed by atoms with Crippen LogP contribution in [-0.2, 0) is 9.47 Å². The van der Waals surface area contributed by atoms with E-state index in [9.17, 15) is 20.4 Å². The van der Waals surface area contributed by atoms with Crippen LogP contribution in [0, 0.1) is 13.8 Å². The smallest absolute Gasteiger partial charge is 0.184 e. The van der Waals surface area contributed by atoms with E-state index in [1.54, 1.807) is 18.2 Å². The number of ether oxygens (including phenoxy) is 4. The molecule has 2 fully saturated rings. The maximum Gasteiger partial charge on any atom is 0.184 e. The standard InChI is InChI=1S/C24H30O8/c1-13-5-6-16(9-14(13)2)21-31-12-23(27)20(24(28,19(26)11-25)22(23)32-21)15-7-8-17(29-3)18(10-15)30-4/h5-10,19-22,25-28H,11-12H2,1-4H3/t19-,20?,21?,22-,23-,24+/m1/s1. The molecular formula is C24H30O8. The van der Waals surface area contributed by atoms with Crippen molar-refractivity contribution >= 4 is 0 Å². The van der Waals surface area contributed by atoms with Gasteiger partial charge in [-0.15, -0.1) is 0 Å². The number of aliphatic hydroxyl groups excluding tert-OH is 2. The lowest BCUT2D eigenvalue weighted by atomic mass is 9.51. The summed E-state index contributed by atoms with van der Waals surface area (Å²) in [6.45, 7) is 3.14. The van der Waals surface area contributed by atoms with Gasteiger partial charge in [-0.1, -0.05) is 24.3 Å². The van der Waals surface area contributed by atoms with Gasteiger partial charge in [-0.2, -0.15) is 0 Å². The maximum atomic E-state index is 11.6. The number of hydrogen-bond donors (Lipinski definition) is 4. The Bertz CT molecular complexity index is 994. The first-order valence-corrected chi connectivity index (χ1v) is 10.5. The van der Waals surface area contributed by atoms with Gasteiger partial charge in [0.05, 0.1) is 33.4 Å². The summed E-state index contributed by atoms with van der Waals surface area (Å²) in [7, 11) is 2.99. The third-order valence-corrected chi connectivity index (χ3v) is 6.81. The zero-order chi connectivity index (χ0) is 23.3. The third kappa shape index (κ3) is 3.30. The lowest BCUT2D eigenvalue weighted by Gasteiger charge is -2.66. The topological polar surface area (TPSA) is 118 Å². The van der Waals surface area contributed by atoms with Crippen molar-refractivity contribution in [3.05, 3.63) is 58.7 Å². The first-order valence-electron chi connectivity index (χ1n) is 10.5. The number of aliphatic hydroxyl groups is 4. The van der Waals surface area contributed by atoms with Crippen LogP contribution in [-0.4, -0.2) is 71.3 Å². The highest BCUT2D eigenvalue weighted by Gasteiger charge is 2.76. The van der Waals surface area contributed by atoms with E-state index in [4.69, 9.17) is 18.9 Å². The number of rotatable bonds is 6. The Hall–Kier alpha value is -2.20. The summed E-state index contributed by atoms with van der Waals surface area (Å²) >= 11 is 0. The zero-order valence-corrected chi connectivity index (χ0v) is 18.6. The van der Waals surface area contributed by atoms with E-state index < -0.39 is 42.2 Å². The summed E-state index contributed by atoms with van der Waals surface area (Å²) in [5, 5.41) is 43.4. The highest BCUT2D eigenvalue weighted by Crippen LogP contribution is 2.60. The van der Waals surface area contributed by atoms with Crippen LogP contribution in [0.1, 0.15) is 34.5 Å². The number of benzene rings is 2. The second-order valence-electron chi connectivity index (χ2n) is 8.63. The van der Waals surface area contributed by atoms with Gasteiger partial charge in [0.15, 0.2) is 17.8 Å². The molecule has 2 unspecified atom stereocenters. The Morgan fingerprint density at radius 1 is 1.00 bits per heavy atom. The summed E-state index contributed by atoms with van der Waals surface area (Å²) in [6, 6.07) is 10.7. The van der Waals surface area contributed by atoms with Gasteiger partial charge < -0.3 is 39.4 Å². The molecule has 0 amide bonds. The monoisotopic (exact) mass is 446 g/mol. The number of hydrogen-bond acceptors (Lipinski definition) is 8. The summed E-state index contributed by atoms with van der Waals surface area (Å²) in [5.74, 6) is -0.109. The molecule has 1 saturated heterocycles. The van der Waals surface area contributed by atoms with Gasteiger partial charge in [-0.05, 0) is 42.7 Å². The van der Waals surface area contributed by atoms with Crippen LogP contribution in [0.4, 0.5) is 0 Å². The molecule has 1 aliphatic heterocycles. The van der Waals surface area contributed by atoms with Crippen LogP contribution < -0.4 is 9.47 Å². The predicted molar refractivity (Wildman–Crippen MR) is 115 cm³/mol. The average Bonchev–Trinajstić information content (AvgIpc) is 2.79. The summed E-state index contributed by atoms with van der Waals surface area (Å²) in [6.07, 6.45) is -3.57. The van der Waals surface area contributed by atoms with Crippen molar-refractivity contribution < 1.29 is 39.4 Å². The van der Waals surface area contributed by atoms with Crippen LogP contribution in [0.2, 0.25) is 0 Å². The molecule has 1 heterocycles. The molecule has 2 aromatic carbocycles. The van der Waals surface area contributed by atoms with Gasteiger partial charge in [0.2, 0.25) is 0 Å². The average molecular weight is 446 g/mol. The molecular weight excluding hydrogens is 416 g/mol. The van der Waals surface area contributed by atoms with E-state index in [0.717, 1.165) is 16.7 Å². The largest absolute Gasteiger partial charge is 0.493 e. The summed E-state index contributed by atoms with van der Waals surface area (Å²) in [5.41, 5.74) is -0.173. The van der Waals surface area contributed by atoms with E-state index >= 15 is 0 Å². The van der Waals surface area contributed by atoms with E-state index in [1.165, 1.54) is 14.2 Å². The van der Waals surface area contributed by atoms with E-state index in [1.807, 2.05) is 32.0 Å². The molecule has 0 bridgehead atoms. The van der Waals surface area contributed by atoms with E-state index in [2.05, 4.69) is 0 Å². The third-order valence-electron chi connectivity index (χ3n) is 6.81. The Kier molecular flexibility index (Phi) is 5.96. The van der Waals surface area contributed by atoms with Crippen molar-refractivity contribution in [2.24, 2.45) is 0 Å². The molecule has 4 rings (SSSR count). The van der Waals surface area contributed by atoms with E-state index in [-0.39, 0.29) is 6.61 Å². The molecule has 174 valence electrons. The van der Waals surface area contributed by atoms with E-state index in [0.29, 0.717) is 17.1 Å². The minimum atomic E-state index is -1.95. The Balaban J connectivity index is 1.71. The second-order valence-corrected chi connectivity index (χ2v) is 8.63. The molecule has 0 aromatic heterocycles. The van der Waals surface area contributed by atoms with Crippen LogP contribution in [0.25, 0.3) is 0 Å². The minimum absolute atomic E-state index is 0.130. The van der Waals surface area contributed by atoms with Gasteiger partial charge in [0, 0.05) is 5.56 Å². The second kappa shape index (κ2) is 8.30. The molecule has 6 atom stereocenters. The molecule has 0 radical (unpaired) electrons. The van der Waals surface area contributed by atoms with Crippen molar-refractivity contribution in [2.75, 3.05) is 27.4 Å². The highest BCUT2D eigenvalue weighted by molar-refractivity contribution is 5.48. The Morgan fingerprint density at radius 2 is 1.69 bits per heavy atom. The molecule has 1 aliphatic carbocycles. The van der Waals surface area contributed by atoms with Gasteiger partial charge in [-0.3, -0.25) is 0 Å². The number of aryl methyl sites for hydroxylation is 2. The lowest BCUT2D eigenvalue weighted by molar-refractivity contribution is -0.410. The molecule has 2 aliphatic rings. The fraction of sp³-hybridized carbons (Fsp3) is 0.500. The van der Waals surface area contributed by atoms with Crippen molar-refractivity contribution in [1.82, 2.24) is 0 Å². The predicted octanol–water partition coefficient (Wildman–Crippen LogP) is 1.35. The van der Waals surface area contributed by atoms with Gasteiger partial charge in [0.1, 0.15) is 23.4 Å². The molecule has 2 aromatic rings. The SMILES string of the molecule is COc1ccc(C2[C@@](O)([C@H](O)CO)[C@@H]3OC(c4ccc(C)c(C)c4)OC[C@@]23O)cc1OC. The molecule has 1 saturated carbocycles. The van der Waals surface area contributed by atoms with Gasteiger partial charge in [0.25, 0.3) is 0 Å². The van der Waals surface area contributed by atoms with Crippen molar-refractivity contribution in [3.63, 3.8) is 0 Å². The summed E-state index contributed by atoms with van der Waals surface area (Å²) < 4.78 is 22.5. The van der Waals surface area contributed by atoms with Crippen LogP contribution in [0.3, 0.4) is 0 Å². The molecule has 8 heteroatoms. The number of fused-ring (bicyclic) bond motifs is 1. The Morgan fingerprint density at radius 3 is 2.31 bits per heavy atom. The number of methoxy groups -OCH3 is 2. The normalized spacial score (nSPS) is 32.6. The quantitative estimate of drug-likeness (QED) is 0.525. The molecule has 32 heavy (non-hydrogen) atoms. The van der Waals surface area contributed by atoms with Crippen LogP contribution in [0.15, 0.2) is 36.4 Å². The fourth-order valence-corrected chi connectivity index (χ4v) is 4.95. The molecule has 4 N–H and O–H groups in total. The van der Waals surface area contributed by atoms with Crippen molar-refractivity contribution in [3.8, 4) is 11.5 Å². The maximum absolute atomic E-state index is 11.6. The minimum Gasteiger partial charge on any atom is -0.493 e.